The Bertz CT molecular complexity index is 159. The summed E-state index contributed by atoms with van der Waals surface area (Å²) >= 11 is 0. The summed E-state index contributed by atoms with van der Waals surface area (Å²) in [6, 6.07) is 0. The second kappa shape index (κ2) is 3.67. The van der Waals surface area contributed by atoms with Gasteiger partial charge in [0.1, 0.15) is 5.60 Å². The van der Waals surface area contributed by atoms with E-state index in [9.17, 15) is 9.90 Å². The molecule has 0 aliphatic rings. The van der Waals surface area contributed by atoms with Crippen molar-refractivity contribution in [2.45, 2.75) is 32.8 Å². The Labute approximate surface area is 67.9 Å². The standard InChI is InChI=1S/C9H16O2/c1-5-7(3)8(10)9(4,11)6-2/h6-7,11H,2,5H2,1,3-4H3. The molecule has 0 heterocycles. The molecule has 64 valence electrons. The van der Waals surface area contributed by atoms with Gasteiger partial charge in [0.25, 0.3) is 0 Å². The molecule has 2 nitrogen and oxygen atoms in total. The van der Waals surface area contributed by atoms with Gasteiger partial charge in [-0.15, -0.1) is 0 Å². The minimum atomic E-state index is -1.35. The van der Waals surface area contributed by atoms with Gasteiger partial charge in [0, 0.05) is 5.92 Å². The Morgan fingerprint density at radius 3 is 2.55 bits per heavy atom. The molecule has 0 amide bonds. The van der Waals surface area contributed by atoms with Crippen molar-refractivity contribution in [3.63, 3.8) is 0 Å². The zero-order chi connectivity index (χ0) is 9.07. The number of carbonyl (C=O) groups excluding carboxylic acids is 1. The fourth-order valence-electron chi connectivity index (χ4n) is 0.785. The minimum Gasteiger partial charge on any atom is -0.378 e. The van der Waals surface area contributed by atoms with E-state index in [1.807, 2.05) is 6.92 Å². The number of rotatable bonds is 4. The highest BCUT2D eigenvalue weighted by molar-refractivity contribution is 5.90. The summed E-state index contributed by atoms with van der Waals surface area (Å²) in [5.74, 6) is -0.252. The second-order valence-corrected chi connectivity index (χ2v) is 3.03. The van der Waals surface area contributed by atoms with Crippen LogP contribution in [0.5, 0.6) is 0 Å². The Morgan fingerprint density at radius 1 is 1.82 bits per heavy atom. The number of hydrogen-bond acceptors (Lipinski definition) is 2. The first kappa shape index (κ1) is 10.4. The molecule has 11 heavy (non-hydrogen) atoms. The van der Waals surface area contributed by atoms with Crippen molar-refractivity contribution in [1.82, 2.24) is 0 Å². The number of Topliss-reactive ketones (excluding diaryl/α,β-unsaturated/α-hetero) is 1. The van der Waals surface area contributed by atoms with Crippen molar-refractivity contribution >= 4 is 5.78 Å². The zero-order valence-electron chi connectivity index (χ0n) is 7.42. The van der Waals surface area contributed by atoms with Gasteiger partial charge in [-0.25, -0.2) is 0 Å². The Hall–Kier alpha value is -0.630. The summed E-state index contributed by atoms with van der Waals surface area (Å²) in [6.07, 6.45) is 2.03. The maximum Gasteiger partial charge on any atom is 0.170 e. The zero-order valence-corrected chi connectivity index (χ0v) is 7.42. The first-order chi connectivity index (χ1) is 4.95. The van der Waals surface area contributed by atoms with E-state index in [2.05, 4.69) is 6.58 Å². The Kier molecular flexibility index (Phi) is 3.46. The monoisotopic (exact) mass is 156 g/mol. The predicted octanol–water partition coefficient (Wildman–Crippen LogP) is 1.54. The Balaban J connectivity index is 4.35. The van der Waals surface area contributed by atoms with Gasteiger partial charge in [0.05, 0.1) is 0 Å². The van der Waals surface area contributed by atoms with Crippen LogP contribution >= 0.6 is 0 Å². The molecule has 2 unspecified atom stereocenters. The van der Waals surface area contributed by atoms with Gasteiger partial charge in [0.2, 0.25) is 0 Å². The normalized spacial score (nSPS) is 18.5. The van der Waals surface area contributed by atoms with E-state index in [0.717, 1.165) is 6.42 Å². The maximum absolute atomic E-state index is 11.3. The van der Waals surface area contributed by atoms with Crippen LogP contribution in [0, 0.1) is 5.92 Å². The third-order valence-corrected chi connectivity index (χ3v) is 1.96. The van der Waals surface area contributed by atoms with Gasteiger partial charge in [0.15, 0.2) is 5.78 Å². The van der Waals surface area contributed by atoms with Crippen LogP contribution in [0.25, 0.3) is 0 Å². The van der Waals surface area contributed by atoms with Crippen molar-refractivity contribution in [3.8, 4) is 0 Å². The van der Waals surface area contributed by atoms with Gasteiger partial charge < -0.3 is 5.11 Å². The maximum atomic E-state index is 11.3. The van der Waals surface area contributed by atoms with Gasteiger partial charge >= 0.3 is 0 Å². The van der Waals surface area contributed by atoms with E-state index in [0.29, 0.717) is 0 Å². The summed E-state index contributed by atoms with van der Waals surface area (Å²) in [5.41, 5.74) is -1.35. The number of carbonyl (C=O) groups is 1. The molecule has 0 spiro atoms. The molecule has 0 bridgehead atoms. The summed E-state index contributed by atoms with van der Waals surface area (Å²) in [6.45, 7) is 8.59. The largest absolute Gasteiger partial charge is 0.378 e. The van der Waals surface area contributed by atoms with Crippen molar-refractivity contribution in [1.29, 1.82) is 0 Å². The van der Waals surface area contributed by atoms with E-state index in [-0.39, 0.29) is 11.7 Å². The van der Waals surface area contributed by atoms with E-state index < -0.39 is 5.60 Å². The predicted molar refractivity (Wildman–Crippen MR) is 45.3 cm³/mol. The lowest BCUT2D eigenvalue weighted by molar-refractivity contribution is -0.135. The van der Waals surface area contributed by atoms with Gasteiger partial charge in [-0.05, 0) is 13.3 Å². The molecule has 0 radical (unpaired) electrons. The lowest BCUT2D eigenvalue weighted by Crippen LogP contribution is -2.36. The topological polar surface area (TPSA) is 37.3 Å². The number of ketones is 1. The molecule has 1 N–H and O–H groups in total. The highest BCUT2D eigenvalue weighted by Gasteiger charge is 2.29. The highest BCUT2D eigenvalue weighted by atomic mass is 16.3. The van der Waals surface area contributed by atoms with Crippen molar-refractivity contribution in [2.24, 2.45) is 5.92 Å². The molecule has 0 aromatic heterocycles. The van der Waals surface area contributed by atoms with Gasteiger partial charge in [-0.1, -0.05) is 26.5 Å². The van der Waals surface area contributed by atoms with Crippen LogP contribution in [0.2, 0.25) is 0 Å². The summed E-state index contributed by atoms with van der Waals surface area (Å²) in [4.78, 5) is 11.3. The fourth-order valence-corrected chi connectivity index (χ4v) is 0.785. The summed E-state index contributed by atoms with van der Waals surface area (Å²) in [5, 5.41) is 9.43. The van der Waals surface area contributed by atoms with Gasteiger partial charge in [-0.3, -0.25) is 4.79 Å². The highest BCUT2D eigenvalue weighted by Crippen LogP contribution is 2.15. The van der Waals surface area contributed by atoms with Crippen LogP contribution in [0.15, 0.2) is 12.7 Å². The molecule has 0 aromatic carbocycles. The van der Waals surface area contributed by atoms with E-state index >= 15 is 0 Å². The number of hydrogen-bond donors (Lipinski definition) is 1. The molecule has 0 rings (SSSR count). The van der Waals surface area contributed by atoms with Crippen molar-refractivity contribution in [3.05, 3.63) is 12.7 Å². The van der Waals surface area contributed by atoms with Gasteiger partial charge in [-0.2, -0.15) is 0 Å². The van der Waals surface area contributed by atoms with Crippen molar-refractivity contribution < 1.29 is 9.90 Å². The molecular weight excluding hydrogens is 140 g/mol. The quantitative estimate of drug-likeness (QED) is 0.627. The molecule has 2 atom stereocenters. The van der Waals surface area contributed by atoms with Crippen LogP contribution in [0.3, 0.4) is 0 Å². The third-order valence-electron chi connectivity index (χ3n) is 1.96. The summed E-state index contributed by atoms with van der Waals surface area (Å²) in [7, 11) is 0. The third kappa shape index (κ3) is 2.46. The Morgan fingerprint density at radius 2 is 2.27 bits per heavy atom. The molecule has 0 saturated carbocycles. The summed E-state index contributed by atoms with van der Waals surface area (Å²) < 4.78 is 0. The number of aliphatic hydroxyl groups is 1. The molecule has 0 fully saturated rings. The van der Waals surface area contributed by atoms with E-state index in [4.69, 9.17) is 0 Å². The molecule has 0 aromatic rings. The smallest absolute Gasteiger partial charge is 0.170 e. The molecule has 0 saturated heterocycles. The average Bonchev–Trinajstić information content (AvgIpc) is 2.01. The van der Waals surface area contributed by atoms with Crippen molar-refractivity contribution in [2.75, 3.05) is 0 Å². The van der Waals surface area contributed by atoms with Crippen LogP contribution in [-0.2, 0) is 4.79 Å². The second-order valence-electron chi connectivity index (χ2n) is 3.03. The average molecular weight is 156 g/mol. The lowest BCUT2D eigenvalue weighted by Gasteiger charge is -2.20. The van der Waals surface area contributed by atoms with Crippen LogP contribution in [0.4, 0.5) is 0 Å². The first-order valence-corrected chi connectivity index (χ1v) is 3.86. The van der Waals surface area contributed by atoms with E-state index in [1.165, 1.54) is 13.0 Å². The minimum absolute atomic E-state index is 0.0944. The van der Waals surface area contributed by atoms with Crippen LogP contribution in [-0.4, -0.2) is 16.5 Å². The molecular formula is C9H16O2. The van der Waals surface area contributed by atoms with Crippen LogP contribution < -0.4 is 0 Å². The van der Waals surface area contributed by atoms with Crippen LogP contribution in [0.1, 0.15) is 27.2 Å². The molecule has 0 aliphatic heterocycles. The van der Waals surface area contributed by atoms with E-state index in [1.54, 1.807) is 6.92 Å². The fraction of sp³-hybridized carbons (Fsp3) is 0.667. The molecule has 2 heteroatoms. The lowest BCUT2D eigenvalue weighted by atomic mass is 9.90. The molecule has 0 aliphatic carbocycles. The first-order valence-electron chi connectivity index (χ1n) is 3.86. The SMILES string of the molecule is C=CC(C)(O)C(=O)C(C)CC.